The first-order chi connectivity index (χ1) is 6.75. The number of hydrogen-bond donors (Lipinski definition) is 2. The Hall–Kier alpha value is -2.10. The third-order valence-corrected chi connectivity index (χ3v) is 1.87. The van der Waals surface area contributed by atoms with E-state index in [1.54, 1.807) is 24.5 Å². The molecule has 0 fully saturated rings. The van der Waals surface area contributed by atoms with Crippen molar-refractivity contribution >= 4 is 5.69 Å². The number of nitrogen functional groups attached to an aromatic ring is 1. The van der Waals surface area contributed by atoms with Crippen LogP contribution >= 0.6 is 0 Å². The van der Waals surface area contributed by atoms with E-state index in [1.165, 1.54) is 6.07 Å². The van der Waals surface area contributed by atoms with Crippen LogP contribution in [0, 0.1) is 0 Å². The number of rotatable bonds is 1. The third-order valence-electron chi connectivity index (χ3n) is 1.87. The van der Waals surface area contributed by atoms with Crippen molar-refractivity contribution in [2.45, 2.75) is 0 Å². The van der Waals surface area contributed by atoms with Crippen LogP contribution in [0.5, 0.6) is 0 Å². The SMILES string of the molecule is Nc1ccc(-c2ccc(=O)[nH]c2)nc1. The van der Waals surface area contributed by atoms with E-state index in [4.69, 9.17) is 5.73 Å². The lowest BCUT2D eigenvalue weighted by Crippen LogP contribution is -2.01. The van der Waals surface area contributed by atoms with Gasteiger partial charge in [0.15, 0.2) is 0 Å². The van der Waals surface area contributed by atoms with Gasteiger partial charge in [0, 0.05) is 17.8 Å². The Labute approximate surface area is 80.4 Å². The van der Waals surface area contributed by atoms with Gasteiger partial charge in [0.05, 0.1) is 17.6 Å². The highest BCUT2D eigenvalue weighted by molar-refractivity contribution is 5.59. The lowest BCUT2D eigenvalue weighted by atomic mass is 10.2. The first-order valence-electron chi connectivity index (χ1n) is 4.16. The molecule has 0 saturated heterocycles. The van der Waals surface area contributed by atoms with Crippen molar-refractivity contribution in [1.82, 2.24) is 9.97 Å². The molecule has 4 nitrogen and oxygen atoms in total. The maximum atomic E-state index is 10.8. The van der Waals surface area contributed by atoms with Crippen LogP contribution < -0.4 is 11.3 Å². The van der Waals surface area contributed by atoms with E-state index in [0.29, 0.717) is 5.69 Å². The van der Waals surface area contributed by atoms with Gasteiger partial charge < -0.3 is 10.7 Å². The highest BCUT2D eigenvalue weighted by Gasteiger charge is 1.97. The van der Waals surface area contributed by atoms with E-state index >= 15 is 0 Å². The van der Waals surface area contributed by atoms with Gasteiger partial charge in [-0.1, -0.05) is 0 Å². The van der Waals surface area contributed by atoms with E-state index < -0.39 is 0 Å². The van der Waals surface area contributed by atoms with Crippen LogP contribution in [-0.4, -0.2) is 9.97 Å². The highest BCUT2D eigenvalue weighted by Crippen LogP contribution is 2.14. The summed E-state index contributed by atoms with van der Waals surface area (Å²) in [6.07, 6.45) is 3.21. The molecule has 3 N–H and O–H groups in total. The molecule has 0 aromatic carbocycles. The molecule has 0 atom stereocenters. The summed E-state index contributed by atoms with van der Waals surface area (Å²) in [7, 11) is 0. The van der Waals surface area contributed by atoms with Gasteiger partial charge in [-0.3, -0.25) is 9.78 Å². The standard InChI is InChI=1S/C10H9N3O/c11-8-2-3-9(12-6-8)7-1-4-10(14)13-5-7/h1-6H,11H2,(H,13,14). The number of aromatic nitrogens is 2. The molecule has 0 unspecified atom stereocenters. The van der Waals surface area contributed by atoms with Crippen LogP contribution in [0.1, 0.15) is 0 Å². The lowest BCUT2D eigenvalue weighted by Gasteiger charge is -1.99. The van der Waals surface area contributed by atoms with Gasteiger partial charge in [0.1, 0.15) is 0 Å². The normalized spacial score (nSPS) is 10.0. The minimum Gasteiger partial charge on any atom is -0.397 e. The van der Waals surface area contributed by atoms with Crippen LogP contribution in [0.3, 0.4) is 0 Å². The van der Waals surface area contributed by atoms with Crippen LogP contribution in [0.2, 0.25) is 0 Å². The minimum absolute atomic E-state index is 0.121. The Balaban J connectivity index is 2.44. The number of hydrogen-bond acceptors (Lipinski definition) is 3. The molecule has 2 heterocycles. The molecule has 0 radical (unpaired) electrons. The molecular formula is C10H9N3O. The molecule has 70 valence electrons. The molecule has 2 aromatic heterocycles. The average molecular weight is 187 g/mol. The number of H-pyrrole nitrogens is 1. The predicted molar refractivity (Wildman–Crippen MR) is 54.7 cm³/mol. The van der Waals surface area contributed by atoms with Gasteiger partial charge in [-0.2, -0.15) is 0 Å². The number of nitrogens with two attached hydrogens (primary N) is 1. The molecule has 0 bridgehead atoms. The van der Waals surface area contributed by atoms with Gasteiger partial charge in [-0.15, -0.1) is 0 Å². The Bertz CT molecular complexity index is 467. The van der Waals surface area contributed by atoms with Crippen LogP contribution in [-0.2, 0) is 0 Å². The van der Waals surface area contributed by atoms with E-state index in [-0.39, 0.29) is 5.56 Å². The van der Waals surface area contributed by atoms with Crippen molar-refractivity contribution < 1.29 is 0 Å². The zero-order chi connectivity index (χ0) is 9.97. The quantitative estimate of drug-likeness (QED) is 0.700. The maximum Gasteiger partial charge on any atom is 0.247 e. The maximum absolute atomic E-state index is 10.8. The summed E-state index contributed by atoms with van der Waals surface area (Å²) < 4.78 is 0. The second kappa shape index (κ2) is 3.33. The van der Waals surface area contributed by atoms with E-state index in [9.17, 15) is 4.79 Å². The molecule has 0 aliphatic rings. The van der Waals surface area contributed by atoms with Gasteiger partial charge >= 0.3 is 0 Å². The van der Waals surface area contributed by atoms with Crippen molar-refractivity contribution in [2.24, 2.45) is 0 Å². The van der Waals surface area contributed by atoms with Crippen LogP contribution in [0.4, 0.5) is 5.69 Å². The van der Waals surface area contributed by atoms with Crippen LogP contribution in [0.25, 0.3) is 11.3 Å². The average Bonchev–Trinajstić information content (AvgIpc) is 2.21. The molecule has 2 aromatic rings. The second-order valence-corrected chi connectivity index (χ2v) is 2.92. The number of nitrogens with one attached hydrogen (secondary N) is 1. The van der Waals surface area contributed by atoms with Crippen molar-refractivity contribution in [2.75, 3.05) is 5.73 Å². The molecule has 0 amide bonds. The van der Waals surface area contributed by atoms with E-state index in [2.05, 4.69) is 9.97 Å². The summed E-state index contributed by atoms with van der Waals surface area (Å²) in [6.45, 7) is 0. The molecule has 0 saturated carbocycles. The topological polar surface area (TPSA) is 71.8 Å². The fraction of sp³-hybridized carbons (Fsp3) is 0. The Morgan fingerprint density at radius 3 is 2.64 bits per heavy atom. The fourth-order valence-corrected chi connectivity index (χ4v) is 1.15. The summed E-state index contributed by atoms with van der Waals surface area (Å²) in [6, 6.07) is 6.77. The Morgan fingerprint density at radius 2 is 2.07 bits per heavy atom. The highest BCUT2D eigenvalue weighted by atomic mass is 16.1. The zero-order valence-corrected chi connectivity index (χ0v) is 7.40. The fourth-order valence-electron chi connectivity index (χ4n) is 1.15. The van der Waals surface area contributed by atoms with Gasteiger partial charge in [-0.05, 0) is 18.2 Å². The molecule has 4 heteroatoms. The van der Waals surface area contributed by atoms with Crippen molar-refractivity contribution in [3.8, 4) is 11.3 Å². The molecule has 14 heavy (non-hydrogen) atoms. The zero-order valence-electron chi connectivity index (χ0n) is 7.40. The Kier molecular flexibility index (Phi) is 2.02. The van der Waals surface area contributed by atoms with Gasteiger partial charge in [-0.25, -0.2) is 0 Å². The summed E-state index contributed by atoms with van der Waals surface area (Å²) >= 11 is 0. The number of nitrogens with zero attached hydrogens (tertiary/aromatic N) is 1. The lowest BCUT2D eigenvalue weighted by molar-refractivity contribution is 1.22. The Morgan fingerprint density at radius 1 is 1.21 bits per heavy atom. The monoisotopic (exact) mass is 187 g/mol. The first-order valence-corrected chi connectivity index (χ1v) is 4.16. The third kappa shape index (κ3) is 1.64. The van der Waals surface area contributed by atoms with Crippen LogP contribution in [0.15, 0.2) is 41.5 Å². The summed E-state index contributed by atoms with van der Waals surface area (Å²) in [5, 5.41) is 0. The largest absolute Gasteiger partial charge is 0.397 e. The first kappa shape index (κ1) is 8.50. The smallest absolute Gasteiger partial charge is 0.247 e. The molecule has 0 aliphatic carbocycles. The van der Waals surface area contributed by atoms with Gasteiger partial charge in [0.25, 0.3) is 0 Å². The summed E-state index contributed by atoms with van der Waals surface area (Å²) in [5.74, 6) is 0. The van der Waals surface area contributed by atoms with Crippen molar-refractivity contribution in [3.63, 3.8) is 0 Å². The number of aromatic amines is 1. The molecule has 0 spiro atoms. The number of anilines is 1. The second-order valence-electron chi connectivity index (χ2n) is 2.92. The predicted octanol–water partition coefficient (Wildman–Crippen LogP) is 1.02. The minimum atomic E-state index is -0.121. The molecular weight excluding hydrogens is 178 g/mol. The van der Waals surface area contributed by atoms with Gasteiger partial charge in [0.2, 0.25) is 5.56 Å². The molecule has 0 aliphatic heterocycles. The van der Waals surface area contributed by atoms with E-state index in [0.717, 1.165) is 11.3 Å². The summed E-state index contributed by atoms with van der Waals surface area (Å²) in [4.78, 5) is 17.5. The summed E-state index contributed by atoms with van der Waals surface area (Å²) in [5.41, 5.74) is 7.66. The van der Waals surface area contributed by atoms with Crippen molar-refractivity contribution in [1.29, 1.82) is 0 Å². The number of pyridine rings is 2. The van der Waals surface area contributed by atoms with Crippen molar-refractivity contribution in [3.05, 3.63) is 47.0 Å². The van der Waals surface area contributed by atoms with E-state index in [1.807, 2.05) is 6.07 Å². The molecule has 2 rings (SSSR count).